The number of carbonyl (C=O) groups is 1. The third-order valence-electron chi connectivity index (χ3n) is 4.09. The van der Waals surface area contributed by atoms with Crippen molar-refractivity contribution in [1.82, 2.24) is 4.98 Å². The first kappa shape index (κ1) is 15.4. The molecule has 0 N–H and O–H groups in total. The first-order chi connectivity index (χ1) is 10.2. The average molecular weight is 281 g/mol. The molecule has 0 bridgehead atoms. The number of benzene rings is 1. The van der Waals surface area contributed by atoms with Crippen molar-refractivity contribution in [3.8, 4) is 11.3 Å². The number of aryl methyl sites for hydroxylation is 4. The molecule has 0 aliphatic heterocycles. The summed E-state index contributed by atoms with van der Waals surface area (Å²) in [5.74, 6) is 0. The van der Waals surface area contributed by atoms with Crippen molar-refractivity contribution in [1.29, 1.82) is 0 Å². The van der Waals surface area contributed by atoms with Gasteiger partial charge < -0.3 is 0 Å². The molecule has 1 heterocycles. The highest BCUT2D eigenvalue weighted by atomic mass is 16.1. The second kappa shape index (κ2) is 6.66. The molecule has 0 saturated heterocycles. The minimum absolute atomic E-state index is 0.744. The van der Waals surface area contributed by atoms with E-state index in [4.69, 9.17) is 4.98 Å². The lowest BCUT2D eigenvalue weighted by Gasteiger charge is -2.15. The monoisotopic (exact) mass is 281 g/mol. The number of nitrogens with zero attached hydrogens (tertiary/aromatic N) is 1. The molecule has 2 aromatic rings. The Kier molecular flexibility index (Phi) is 4.89. The molecule has 110 valence electrons. The normalized spacial score (nSPS) is 10.7. The second-order valence-electron chi connectivity index (χ2n) is 5.30. The smallest absolute Gasteiger partial charge is 0.152 e. The van der Waals surface area contributed by atoms with Crippen LogP contribution in [0.5, 0.6) is 0 Å². The molecule has 0 fully saturated rings. The molecule has 1 aromatic heterocycles. The predicted octanol–water partition coefficient (Wildman–Crippen LogP) is 4.56. The standard InChI is InChI=1S/C19H23NO/c1-5-14-9-8-10-15(6-2)19(14)18-11-16(7-3)17(12-21)13(4)20-18/h8-12H,5-7H2,1-4H3. The van der Waals surface area contributed by atoms with E-state index >= 15 is 0 Å². The number of aldehydes is 1. The van der Waals surface area contributed by atoms with E-state index in [-0.39, 0.29) is 0 Å². The fourth-order valence-electron chi connectivity index (χ4n) is 2.90. The molecule has 0 aliphatic rings. The van der Waals surface area contributed by atoms with Crippen LogP contribution in [-0.4, -0.2) is 11.3 Å². The van der Waals surface area contributed by atoms with Gasteiger partial charge in [0.25, 0.3) is 0 Å². The molecule has 0 unspecified atom stereocenters. The van der Waals surface area contributed by atoms with Crippen molar-refractivity contribution in [3.63, 3.8) is 0 Å². The van der Waals surface area contributed by atoms with Crippen LogP contribution >= 0.6 is 0 Å². The van der Waals surface area contributed by atoms with Crippen LogP contribution in [0.3, 0.4) is 0 Å². The summed E-state index contributed by atoms with van der Waals surface area (Å²) in [6.45, 7) is 8.35. The summed E-state index contributed by atoms with van der Waals surface area (Å²) < 4.78 is 0. The van der Waals surface area contributed by atoms with Gasteiger partial charge in [-0.25, -0.2) is 0 Å². The molecule has 2 heteroatoms. The van der Waals surface area contributed by atoms with Crippen molar-refractivity contribution in [2.24, 2.45) is 0 Å². The lowest BCUT2D eigenvalue weighted by molar-refractivity contribution is 0.112. The van der Waals surface area contributed by atoms with E-state index in [1.165, 1.54) is 16.7 Å². The molecule has 2 nitrogen and oxygen atoms in total. The lowest BCUT2D eigenvalue weighted by atomic mass is 9.92. The number of hydrogen-bond acceptors (Lipinski definition) is 2. The Hall–Kier alpha value is -1.96. The summed E-state index contributed by atoms with van der Waals surface area (Å²) in [6, 6.07) is 8.55. The Balaban J connectivity index is 2.73. The maximum Gasteiger partial charge on any atom is 0.152 e. The first-order valence-corrected chi connectivity index (χ1v) is 7.72. The van der Waals surface area contributed by atoms with Gasteiger partial charge in [0.2, 0.25) is 0 Å². The minimum atomic E-state index is 0.744. The number of aromatic nitrogens is 1. The highest BCUT2D eigenvalue weighted by molar-refractivity contribution is 5.81. The van der Waals surface area contributed by atoms with Crippen molar-refractivity contribution in [2.75, 3.05) is 0 Å². The van der Waals surface area contributed by atoms with Crippen LogP contribution in [0, 0.1) is 6.92 Å². The zero-order chi connectivity index (χ0) is 15.4. The topological polar surface area (TPSA) is 30.0 Å². The van der Waals surface area contributed by atoms with Gasteiger partial charge in [-0.1, -0.05) is 39.0 Å². The molecular weight excluding hydrogens is 258 g/mol. The molecule has 0 atom stereocenters. The summed E-state index contributed by atoms with van der Waals surface area (Å²) in [6.07, 6.45) is 3.75. The van der Waals surface area contributed by atoms with Gasteiger partial charge in [0.15, 0.2) is 6.29 Å². The van der Waals surface area contributed by atoms with E-state index in [1.807, 2.05) is 6.92 Å². The van der Waals surface area contributed by atoms with Crippen molar-refractivity contribution in [2.45, 2.75) is 47.0 Å². The van der Waals surface area contributed by atoms with Crippen LogP contribution in [0.1, 0.15) is 53.5 Å². The predicted molar refractivity (Wildman–Crippen MR) is 87.9 cm³/mol. The van der Waals surface area contributed by atoms with Gasteiger partial charge in [-0.05, 0) is 48.9 Å². The molecule has 2 rings (SSSR count). The number of rotatable bonds is 5. The molecule has 0 aliphatic carbocycles. The Morgan fingerprint density at radius 2 is 1.57 bits per heavy atom. The van der Waals surface area contributed by atoms with Crippen LogP contribution in [0.2, 0.25) is 0 Å². The van der Waals surface area contributed by atoms with E-state index in [0.717, 1.165) is 48.1 Å². The maximum atomic E-state index is 11.3. The summed E-state index contributed by atoms with van der Waals surface area (Å²) >= 11 is 0. The largest absolute Gasteiger partial charge is 0.298 e. The van der Waals surface area contributed by atoms with Gasteiger partial charge in [-0.15, -0.1) is 0 Å². The van der Waals surface area contributed by atoms with E-state index in [1.54, 1.807) is 0 Å². The van der Waals surface area contributed by atoms with E-state index in [2.05, 4.69) is 45.0 Å². The molecule has 0 radical (unpaired) electrons. The van der Waals surface area contributed by atoms with Gasteiger partial charge in [-0.3, -0.25) is 9.78 Å². The maximum absolute atomic E-state index is 11.3. The first-order valence-electron chi connectivity index (χ1n) is 7.72. The van der Waals surface area contributed by atoms with Crippen LogP contribution in [0.25, 0.3) is 11.3 Å². The zero-order valence-electron chi connectivity index (χ0n) is 13.4. The highest BCUT2D eigenvalue weighted by Gasteiger charge is 2.14. The lowest BCUT2D eigenvalue weighted by Crippen LogP contribution is -2.03. The third kappa shape index (κ3) is 2.90. The number of pyridine rings is 1. The molecule has 1 aromatic carbocycles. The van der Waals surface area contributed by atoms with Crippen LogP contribution in [-0.2, 0) is 19.3 Å². The van der Waals surface area contributed by atoms with Crippen molar-refractivity contribution < 1.29 is 4.79 Å². The van der Waals surface area contributed by atoms with Gasteiger partial charge >= 0.3 is 0 Å². The Bertz CT molecular complexity index is 637. The Labute approximate surface area is 127 Å². The van der Waals surface area contributed by atoms with Crippen molar-refractivity contribution in [3.05, 3.63) is 52.2 Å². The SMILES string of the molecule is CCc1cc(-c2c(CC)cccc2CC)nc(C)c1C=O. The van der Waals surface area contributed by atoms with Crippen LogP contribution < -0.4 is 0 Å². The van der Waals surface area contributed by atoms with E-state index < -0.39 is 0 Å². The summed E-state index contributed by atoms with van der Waals surface area (Å²) in [5.41, 5.74) is 7.55. The molecule has 0 spiro atoms. The van der Waals surface area contributed by atoms with Crippen LogP contribution in [0.4, 0.5) is 0 Å². The average Bonchev–Trinajstić information content (AvgIpc) is 2.52. The highest BCUT2D eigenvalue weighted by Crippen LogP contribution is 2.29. The summed E-state index contributed by atoms with van der Waals surface area (Å²) in [5, 5.41) is 0. The molecule has 0 amide bonds. The molecule has 21 heavy (non-hydrogen) atoms. The zero-order valence-corrected chi connectivity index (χ0v) is 13.4. The molecule has 0 saturated carbocycles. The minimum Gasteiger partial charge on any atom is -0.298 e. The number of carbonyl (C=O) groups excluding carboxylic acids is 1. The van der Waals surface area contributed by atoms with Crippen molar-refractivity contribution >= 4 is 6.29 Å². The fraction of sp³-hybridized carbons (Fsp3) is 0.368. The number of hydrogen-bond donors (Lipinski definition) is 0. The fourth-order valence-corrected chi connectivity index (χ4v) is 2.90. The molecular formula is C19H23NO. The van der Waals surface area contributed by atoms with E-state index in [9.17, 15) is 4.79 Å². The van der Waals surface area contributed by atoms with Gasteiger partial charge in [0, 0.05) is 16.8 Å². The summed E-state index contributed by atoms with van der Waals surface area (Å²) in [4.78, 5) is 16.0. The van der Waals surface area contributed by atoms with Gasteiger partial charge in [-0.2, -0.15) is 0 Å². The van der Waals surface area contributed by atoms with Crippen LogP contribution in [0.15, 0.2) is 24.3 Å². The van der Waals surface area contributed by atoms with E-state index in [0.29, 0.717) is 0 Å². The van der Waals surface area contributed by atoms with Gasteiger partial charge in [0.1, 0.15) is 0 Å². The Morgan fingerprint density at radius 3 is 2.05 bits per heavy atom. The second-order valence-corrected chi connectivity index (χ2v) is 5.30. The quantitative estimate of drug-likeness (QED) is 0.752. The summed E-state index contributed by atoms with van der Waals surface area (Å²) in [7, 11) is 0. The Morgan fingerprint density at radius 1 is 1.00 bits per heavy atom. The third-order valence-corrected chi connectivity index (χ3v) is 4.09. The van der Waals surface area contributed by atoms with Gasteiger partial charge in [0.05, 0.1) is 5.69 Å².